The van der Waals surface area contributed by atoms with E-state index in [0.717, 1.165) is 6.08 Å². The lowest BCUT2D eigenvalue weighted by Gasteiger charge is -2.03. The van der Waals surface area contributed by atoms with E-state index in [-0.39, 0.29) is 0 Å². The highest BCUT2D eigenvalue weighted by Gasteiger charge is 2.20. The van der Waals surface area contributed by atoms with Gasteiger partial charge in [-0.05, 0) is 0 Å². The van der Waals surface area contributed by atoms with Crippen LogP contribution in [-0.2, 0) is 14.3 Å². The van der Waals surface area contributed by atoms with Gasteiger partial charge in [0.2, 0.25) is 0 Å². The second-order valence-corrected chi connectivity index (χ2v) is 3.09. The quantitative estimate of drug-likeness (QED) is 0.259. The summed E-state index contributed by atoms with van der Waals surface area (Å²) in [6.45, 7) is 6.44. The Morgan fingerprint density at radius 1 is 1.12 bits per heavy atom. The second kappa shape index (κ2) is 5.55. The van der Waals surface area contributed by atoms with Crippen LogP contribution in [0.1, 0.15) is 10.4 Å². The van der Waals surface area contributed by atoms with Crippen LogP contribution in [0.25, 0.3) is 0 Å². The lowest BCUT2D eigenvalue weighted by molar-refractivity contribution is -0.152. The van der Waals surface area contributed by atoms with Crippen LogP contribution in [0.3, 0.4) is 0 Å². The predicted octanol–water partition coefficient (Wildman–Crippen LogP) is 1.68. The van der Waals surface area contributed by atoms with Gasteiger partial charge in [-0.3, -0.25) is 4.79 Å². The Kier molecular flexibility index (Phi) is 4.11. The summed E-state index contributed by atoms with van der Waals surface area (Å²) in [7, 11) is 0. The predicted molar refractivity (Wildman–Crippen MR) is 61.2 cm³/mol. The molecule has 0 amide bonds. The number of hydrogen-bond acceptors (Lipinski definition) is 4. The van der Waals surface area contributed by atoms with E-state index >= 15 is 0 Å². The third-order valence-corrected chi connectivity index (χ3v) is 1.92. The minimum Gasteiger partial charge on any atom is -0.386 e. The van der Waals surface area contributed by atoms with Gasteiger partial charge in [-0.15, -0.1) is 0 Å². The van der Waals surface area contributed by atoms with Crippen molar-refractivity contribution in [1.82, 2.24) is 0 Å². The first-order chi connectivity index (χ1) is 8.06. The molecule has 4 nitrogen and oxygen atoms in total. The Morgan fingerprint density at radius 3 is 2.24 bits per heavy atom. The number of ether oxygens (including phenoxy) is 1. The van der Waals surface area contributed by atoms with E-state index in [0.29, 0.717) is 5.56 Å². The van der Waals surface area contributed by atoms with Crippen LogP contribution in [0.5, 0.6) is 0 Å². The van der Waals surface area contributed by atoms with Crippen molar-refractivity contribution in [2.75, 3.05) is 0 Å². The van der Waals surface area contributed by atoms with Gasteiger partial charge in [0.25, 0.3) is 0 Å². The van der Waals surface area contributed by atoms with E-state index in [1.54, 1.807) is 18.2 Å². The Balaban J connectivity index is 2.78. The number of carbonyl (C=O) groups is 3. The fourth-order valence-corrected chi connectivity index (χ4v) is 1.05. The van der Waals surface area contributed by atoms with Crippen LogP contribution in [0.4, 0.5) is 0 Å². The number of hydrogen-bond donors (Lipinski definition) is 0. The molecule has 0 heterocycles. The summed E-state index contributed by atoms with van der Waals surface area (Å²) < 4.78 is 4.29. The van der Waals surface area contributed by atoms with Gasteiger partial charge in [-0.25, -0.2) is 9.59 Å². The van der Waals surface area contributed by atoms with E-state index in [1.807, 2.05) is 0 Å². The lowest BCUT2D eigenvalue weighted by atomic mass is 10.1. The first kappa shape index (κ1) is 12.6. The minimum absolute atomic E-state index is 0.306. The highest BCUT2D eigenvalue weighted by atomic mass is 16.6. The maximum atomic E-state index is 11.7. The van der Waals surface area contributed by atoms with Gasteiger partial charge in [0, 0.05) is 11.6 Å². The summed E-state index contributed by atoms with van der Waals surface area (Å²) >= 11 is 0. The highest BCUT2D eigenvalue weighted by molar-refractivity contribution is 6.25. The molecule has 0 radical (unpaired) electrons. The summed E-state index contributed by atoms with van der Waals surface area (Å²) in [6.07, 6.45) is 0.832. The summed E-state index contributed by atoms with van der Waals surface area (Å²) in [4.78, 5) is 33.8. The Bertz CT molecular complexity index is 485. The normalized spacial score (nSPS) is 9.18. The molecule has 1 aromatic carbocycles. The largest absolute Gasteiger partial charge is 0.386 e. The molecule has 0 spiro atoms. The van der Waals surface area contributed by atoms with Crippen LogP contribution >= 0.6 is 0 Å². The van der Waals surface area contributed by atoms with Crippen molar-refractivity contribution in [2.24, 2.45) is 0 Å². The molecule has 0 N–H and O–H groups in total. The molecular formula is C13H10O4. The van der Waals surface area contributed by atoms with E-state index in [9.17, 15) is 14.4 Å². The number of benzene rings is 1. The number of carbonyl (C=O) groups excluding carboxylic acids is 3. The Morgan fingerprint density at radius 2 is 1.71 bits per heavy atom. The molecule has 17 heavy (non-hydrogen) atoms. The monoisotopic (exact) mass is 230 g/mol. The van der Waals surface area contributed by atoms with Crippen LogP contribution in [0, 0.1) is 0 Å². The molecule has 0 fully saturated rings. The topological polar surface area (TPSA) is 60.4 Å². The van der Waals surface area contributed by atoms with E-state index < -0.39 is 23.3 Å². The van der Waals surface area contributed by atoms with Gasteiger partial charge in [0.15, 0.2) is 5.78 Å². The zero-order valence-corrected chi connectivity index (χ0v) is 9.01. The third-order valence-electron chi connectivity index (χ3n) is 1.92. The van der Waals surface area contributed by atoms with Crippen molar-refractivity contribution >= 4 is 17.7 Å². The Labute approximate surface area is 98.2 Å². The van der Waals surface area contributed by atoms with Gasteiger partial charge in [0.05, 0.1) is 0 Å². The molecule has 4 heteroatoms. The van der Waals surface area contributed by atoms with Gasteiger partial charge < -0.3 is 4.74 Å². The smallest absolute Gasteiger partial charge is 0.349 e. The number of esters is 2. The van der Waals surface area contributed by atoms with E-state index in [2.05, 4.69) is 17.9 Å². The maximum Gasteiger partial charge on any atom is 0.349 e. The molecule has 0 aliphatic carbocycles. The number of ketones is 1. The van der Waals surface area contributed by atoms with Crippen molar-refractivity contribution < 1.29 is 19.1 Å². The minimum atomic E-state index is -1.07. The average Bonchev–Trinajstić information content (AvgIpc) is 2.37. The molecule has 0 aromatic heterocycles. The average molecular weight is 230 g/mol. The molecule has 0 aliphatic rings. The fourth-order valence-electron chi connectivity index (χ4n) is 1.05. The van der Waals surface area contributed by atoms with Gasteiger partial charge >= 0.3 is 11.9 Å². The van der Waals surface area contributed by atoms with Gasteiger partial charge in [-0.1, -0.05) is 43.5 Å². The molecule has 0 saturated carbocycles. The molecule has 86 valence electrons. The van der Waals surface area contributed by atoms with Gasteiger partial charge in [0.1, 0.15) is 5.57 Å². The van der Waals surface area contributed by atoms with Crippen molar-refractivity contribution in [3.63, 3.8) is 0 Å². The SMILES string of the molecule is C=CC(=O)OC(=O)C(=C)C(=O)c1ccccc1. The first-order valence-corrected chi connectivity index (χ1v) is 4.73. The molecule has 0 saturated heterocycles. The van der Waals surface area contributed by atoms with Crippen molar-refractivity contribution in [3.8, 4) is 0 Å². The lowest BCUT2D eigenvalue weighted by Crippen LogP contribution is -2.17. The van der Waals surface area contributed by atoms with Crippen molar-refractivity contribution in [3.05, 3.63) is 60.7 Å². The summed E-state index contributed by atoms with van der Waals surface area (Å²) in [5.74, 6) is -2.56. The van der Waals surface area contributed by atoms with Crippen LogP contribution in [-0.4, -0.2) is 17.7 Å². The first-order valence-electron chi connectivity index (χ1n) is 4.73. The summed E-state index contributed by atoms with van der Waals surface area (Å²) in [6, 6.07) is 8.12. The molecule has 0 atom stereocenters. The van der Waals surface area contributed by atoms with Crippen LogP contribution in [0.2, 0.25) is 0 Å². The third kappa shape index (κ3) is 3.24. The molecule has 0 unspecified atom stereocenters. The second-order valence-electron chi connectivity index (χ2n) is 3.09. The number of rotatable bonds is 4. The zero-order valence-electron chi connectivity index (χ0n) is 9.01. The zero-order chi connectivity index (χ0) is 12.8. The molecule has 0 aliphatic heterocycles. The Hall–Kier alpha value is -2.49. The van der Waals surface area contributed by atoms with E-state index in [1.165, 1.54) is 12.1 Å². The van der Waals surface area contributed by atoms with Crippen LogP contribution < -0.4 is 0 Å². The molecule has 1 aromatic rings. The maximum absolute atomic E-state index is 11.7. The molecule has 0 bridgehead atoms. The van der Waals surface area contributed by atoms with Crippen molar-refractivity contribution in [1.29, 1.82) is 0 Å². The molecular weight excluding hydrogens is 220 g/mol. The summed E-state index contributed by atoms with van der Waals surface area (Å²) in [5, 5.41) is 0. The van der Waals surface area contributed by atoms with E-state index in [4.69, 9.17) is 0 Å². The number of Topliss-reactive ketones (excluding diaryl/α,β-unsaturated/α-hetero) is 1. The van der Waals surface area contributed by atoms with Gasteiger partial charge in [-0.2, -0.15) is 0 Å². The van der Waals surface area contributed by atoms with Crippen LogP contribution in [0.15, 0.2) is 55.1 Å². The highest BCUT2D eigenvalue weighted by Crippen LogP contribution is 2.08. The van der Waals surface area contributed by atoms with Crippen molar-refractivity contribution in [2.45, 2.75) is 0 Å². The summed E-state index contributed by atoms with van der Waals surface area (Å²) in [5.41, 5.74) is -0.0908. The molecule has 1 rings (SSSR count). The fraction of sp³-hybridized carbons (Fsp3) is 0. The standard InChI is InChI=1S/C13H10O4/c1-3-11(14)17-13(16)9(2)12(15)10-7-5-4-6-8-10/h3-8H,1-2H2.